The summed E-state index contributed by atoms with van der Waals surface area (Å²) in [5, 5.41) is 11.4. The lowest BCUT2D eigenvalue weighted by Gasteiger charge is -2.14. The van der Waals surface area contributed by atoms with Gasteiger partial charge in [0.25, 0.3) is 0 Å². The van der Waals surface area contributed by atoms with Crippen molar-refractivity contribution in [2.24, 2.45) is 0 Å². The van der Waals surface area contributed by atoms with E-state index in [0.29, 0.717) is 19.0 Å². The molecule has 0 aliphatic carbocycles. The van der Waals surface area contributed by atoms with Crippen LogP contribution in [0.2, 0.25) is 0 Å². The minimum Gasteiger partial charge on any atom is -0.396 e. The maximum absolute atomic E-state index is 11.6. The fraction of sp³-hybridized carbons (Fsp3) is 1.00. The third-order valence-electron chi connectivity index (χ3n) is 2.64. The van der Waals surface area contributed by atoms with E-state index in [-0.39, 0.29) is 12.4 Å². The molecule has 0 radical (unpaired) electrons. The molecule has 92 valence electrons. The van der Waals surface area contributed by atoms with E-state index in [1.807, 2.05) is 6.92 Å². The highest BCUT2D eigenvalue weighted by Gasteiger charge is 2.19. The lowest BCUT2D eigenvalue weighted by Crippen LogP contribution is -2.33. The predicted octanol–water partition coefficient (Wildman–Crippen LogP) is 0.560. The highest BCUT2D eigenvalue weighted by atomic mass is 32.2. The molecule has 0 saturated carbocycles. The van der Waals surface area contributed by atoms with Gasteiger partial charge in [-0.05, 0) is 26.7 Å². The lowest BCUT2D eigenvalue weighted by molar-refractivity contribution is 0.287. The largest absolute Gasteiger partial charge is 0.396 e. The maximum Gasteiger partial charge on any atom is 0.154 e. The van der Waals surface area contributed by atoms with Crippen molar-refractivity contribution < 1.29 is 13.5 Å². The Labute approximate surface area is 93.0 Å². The molecule has 0 saturated heterocycles. The summed E-state index contributed by atoms with van der Waals surface area (Å²) < 4.78 is 23.3. The van der Waals surface area contributed by atoms with E-state index in [1.165, 1.54) is 0 Å². The molecule has 5 heteroatoms. The standard InChI is InChI=1S/C10H23NO3S/c1-4-9(2)11-6-8-15(13,14)10(3)5-7-12/h9-12H,4-8H2,1-3H3. The molecule has 0 aliphatic rings. The fourth-order valence-corrected chi connectivity index (χ4v) is 2.42. The number of aliphatic hydroxyl groups is 1. The van der Waals surface area contributed by atoms with Crippen LogP contribution in [0.4, 0.5) is 0 Å². The van der Waals surface area contributed by atoms with Crippen LogP contribution in [-0.4, -0.2) is 43.7 Å². The molecule has 2 atom stereocenters. The van der Waals surface area contributed by atoms with E-state index in [2.05, 4.69) is 12.2 Å². The summed E-state index contributed by atoms with van der Waals surface area (Å²) in [6, 6.07) is 0.355. The molecule has 2 N–H and O–H groups in total. The third kappa shape index (κ3) is 6.12. The van der Waals surface area contributed by atoms with Crippen LogP contribution in [0, 0.1) is 0 Å². The zero-order chi connectivity index (χ0) is 11.9. The van der Waals surface area contributed by atoms with Crippen molar-refractivity contribution in [1.29, 1.82) is 0 Å². The van der Waals surface area contributed by atoms with Crippen LogP contribution in [0.3, 0.4) is 0 Å². The van der Waals surface area contributed by atoms with Crippen molar-refractivity contribution in [2.75, 3.05) is 18.9 Å². The van der Waals surface area contributed by atoms with Crippen LogP contribution in [0.5, 0.6) is 0 Å². The number of sulfone groups is 1. The zero-order valence-corrected chi connectivity index (χ0v) is 10.7. The van der Waals surface area contributed by atoms with Crippen LogP contribution in [-0.2, 0) is 9.84 Å². The van der Waals surface area contributed by atoms with Crippen molar-refractivity contribution in [3.63, 3.8) is 0 Å². The maximum atomic E-state index is 11.6. The van der Waals surface area contributed by atoms with Crippen LogP contribution >= 0.6 is 0 Å². The minimum atomic E-state index is -3.05. The van der Waals surface area contributed by atoms with Gasteiger partial charge in [0.1, 0.15) is 0 Å². The molecule has 0 rings (SSSR count). The number of nitrogens with one attached hydrogen (secondary N) is 1. The second-order valence-corrected chi connectivity index (χ2v) is 6.49. The first-order valence-corrected chi connectivity index (χ1v) is 7.21. The molecule has 0 amide bonds. The Hall–Kier alpha value is -0.130. The predicted molar refractivity (Wildman–Crippen MR) is 62.7 cm³/mol. The van der Waals surface area contributed by atoms with E-state index in [0.717, 1.165) is 6.42 Å². The van der Waals surface area contributed by atoms with Gasteiger partial charge in [0.15, 0.2) is 9.84 Å². The topological polar surface area (TPSA) is 66.4 Å². The fourth-order valence-electron chi connectivity index (χ4n) is 1.15. The molecule has 0 heterocycles. The second kappa shape index (κ2) is 7.19. The monoisotopic (exact) mass is 237 g/mol. The van der Waals surface area contributed by atoms with Crippen molar-refractivity contribution in [3.8, 4) is 0 Å². The molecule has 0 bridgehead atoms. The molecule has 0 spiro atoms. The van der Waals surface area contributed by atoms with Gasteiger partial charge >= 0.3 is 0 Å². The first-order valence-electron chi connectivity index (χ1n) is 5.49. The highest BCUT2D eigenvalue weighted by molar-refractivity contribution is 7.92. The Morgan fingerprint density at radius 3 is 2.40 bits per heavy atom. The van der Waals surface area contributed by atoms with Gasteiger partial charge in [-0.2, -0.15) is 0 Å². The van der Waals surface area contributed by atoms with Crippen LogP contribution in [0.1, 0.15) is 33.6 Å². The Kier molecular flexibility index (Phi) is 7.13. The Morgan fingerprint density at radius 2 is 1.93 bits per heavy atom. The molecule has 0 aromatic rings. The third-order valence-corrected chi connectivity index (χ3v) is 4.88. The Balaban J connectivity index is 3.94. The summed E-state index contributed by atoms with van der Waals surface area (Å²) in [4.78, 5) is 0. The van der Waals surface area contributed by atoms with Crippen molar-refractivity contribution >= 4 is 9.84 Å². The van der Waals surface area contributed by atoms with E-state index in [4.69, 9.17) is 5.11 Å². The minimum absolute atomic E-state index is 0.0702. The van der Waals surface area contributed by atoms with Gasteiger partial charge in [0.05, 0.1) is 11.0 Å². The van der Waals surface area contributed by atoms with E-state index in [1.54, 1.807) is 6.92 Å². The Morgan fingerprint density at radius 1 is 1.33 bits per heavy atom. The molecule has 0 fully saturated rings. The number of hydrogen-bond donors (Lipinski definition) is 2. The summed E-state index contributed by atoms with van der Waals surface area (Å²) in [7, 11) is -3.05. The van der Waals surface area contributed by atoms with Crippen LogP contribution < -0.4 is 5.32 Å². The van der Waals surface area contributed by atoms with Gasteiger partial charge in [-0.15, -0.1) is 0 Å². The molecule has 2 unspecified atom stereocenters. The SMILES string of the molecule is CCC(C)NCCS(=O)(=O)C(C)CCO. The number of aliphatic hydroxyl groups excluding tert-OH is 1. The van der Waals surface area contributed by atoms with E-state index in [9.17, 15) is 8.42 Å². The zero-order valence-electron chi connectivity index (χ0n) is 9.86. The van der Waals surface area contributed by atoms with Gasteiger partial charge in [0, 0.05) is 19.2 Å². The molecule has 4 nitrogen and oxygen atoms in total. The molecule has 0 aromatic heterocycles. The quantitative estimate of drug-likeness (QED) is 0.647. The smallest absolute Gasteiger partial charge is 0.154 e. The summed E-state index contributed by atoms with van der Waals surface area (Å²) in [5.74, 6) is 0.151. The molecular weight excluding hydrogens is 214 g/mol. The number of rotatable bonds is 8. The average molecular weight is 237 g/mol. The van der Waals surface area contributed by atoms with E-state index < -0.39 is 15.1 Å². The molecule has 15 heavy (non-hydrogen) atoms. The Bertz CT molecular complexity index is 251. The van der Waals surface area contributed by atoms with Crippen LogP contribution in [0.15, 0.2) is 0 Å². The summed E-state index contributed by atoms with van der Waals surface area (Å²) >= 11 is 0. The molecule has 0 aliphatic heterocycles. The summed E-state index contributed by atoms with van der Waals surface area (Å²) in [6.45, 7) is 6.16. The van der Waals surface area contributed by atoms with Crippen LogP contribution in [0.25, 0.3) is 0 Å². The average Bonchev–Trinajstić information content (AvgIpc) is 2.17. The van der Waals surface area contributed by atoms with Gasteiger partial charge in [-0.25, -0.2) is 8.42 Å². The van der Waals surface area contributed by atoms with Crippen molar-refractivity contribution in [1.82, 2.24) is 5.32 Å². The number of hydrogen-bond acceptors (Lipinski definition) is 4. The molecule has 0 aromatic carbocycles. The van der Waals surface area contributed by atoms with E-state index >= 15 is 0 Å². The molecular formula is C10H23NO3S. The highest BCUT2D eigenvalue weighted by Crippen LogP contribution is 2.05. The second-order valence-electron chi connectivity index (χ2n) is 3.95. The van der Waals surface area contributed by atoms with Gasteiger partial charge in [-0.1, -0.05) is 6.92 Å². The summed E-state index contributed by atoms with van der Waals surface area (Å²) in [6.07, 6.45) is 1.32. The lowest BCUT2D eigenvalue weighted by atomic mass is 10.3. The van der Waals surface area contributed by atoms with Gasteiger partial charge in [-0.3, -0.25) is 0 Å². The first kappa shape index (κ1) is 14.9. The van der Waals surface area contributed by atoms with Gasteiger partial charge in [0.2, 0.25) is 0 Å². The van der Waals surface area contributed by atoms with Crippen molar-refractivity contribution in [3.05, 3.63) is 0 Å². The normalized spacial score (nSPS) is 16.3. The first-order chi connectivity index (χ1) is 6.94. The van der Waals surface area contributed by atoms with Gasteiger partial charge < -0.3 is 10.4 Å². The van der Waals surface area contributed by atoms with Crippen molar-refractivity contribution in [2.45, 2.75) is 44.9 Å². The summed E-state index contributed by atoms with van der Waals surface area (Å²) in [5.41, 5.74) is 0.